The van der Waals surface area contributed by atoms with Crippen LogP contribution in [0.5, 0.6) is 0 Å². The van der Waals surface area contributed by atoms with E-state index >= 15 is 0 Å². The summed E-state index contributed by atoms with van der Waals surface area (Å²) in [7, 11) is 1.90. The molecular weight excluding hydrogens is 439 g/mol. The molecule has 4 nitrogen and oxygen atoms in total. The van der Waals surface area contributed by atoms with Gasteiger partial charge in [-0.05, 0) is 19.8 Å². The average molecular weight is 466 g/mol. The van der Waals surface area contributed by atoms with E-state index < -0.39 is 0 Å². The minimum atomic E-state index is 0. The smallest absolute Gasteiger partial charge is 0.194 e. The summed E-state index contributed by atoms with van der Waals surface area (Å²) in [6.07, 6.45) is 8.92. The van der Waals surface area contributed by atoms with Gasteiger partial charge in [-0.3, -0.25) is 4.99 Å². The zero-order valence-corrected chi connectivity index (χ0v) is 18.0. The molecule has 1 aliphatic heterocycles. The summed E-state index contributed by atoms with van der Waals surface area (Å²) >= 11 is 3.96. The molecule has 23 heavy (non-hydrogen) atoms. The molecule has 1 aromatic heterocycles. The molecule has 2 heterocycles. The standard InChI is InChI=1S/C16H26N4S2.HI/c1-13-18-10-14(22-13)11-19-15(17-2)20-8-9-21-16(12-20)6-4-3-5-7-16;/h10H,3-9,11-12H2,1-2H3,(H,17,19);1H. The Labute approximate surface area is 164 Å². The van der Waals surface area contributed by atoms with Crippen LogP contribution in [0.25, 0.3) is 0 Å². The van der Waals surface area contributed by atoms with E-state index in [-0.39, 0.29) is 24.0 Å². The van der Waals surface area contributed by atoms with Crippen molar-refractivity contribution < 1.29 is 0 Å². The second-order valence-electron chi connectivity index (χ2n) is 6.26. The largest absolute Gasteiger partial charge is 0.351 e. The molecule has 7 heteroatoms. The number of aryl methyl sites for hydroxylation is 1. The van der Waals surface area contributed by atoms with Gasteiger partial charge in [0.2, 0.25) is 0 Å². The molecule has 2 aliphatic rings. The van der Waals surface area contributed by atoms with Crippen molar-refractivity contribution in [3.8, 4) is 0 Å². The van der Waals surface area contributed by atoms with E-state index in [1.807, 2.05) is 13.2 Å². The molecule has 0 unspecified atom stereocenters. The fourth-order valence-electron chi connectivity index (χ4n) is 3.51. The summed E-state index contributed by atoms with van der Waals surface area (Å²) in [5.74, 6) is 2.27. The quantitative estimate of drug-likeness (QED) is 0.408. The molecule has 0 bridgehead atoms. The van der Waals surface area contributed by atoms with Crippen LogP contribution in [0.1, 0.15) is 42.0 Å². The topological polar surface area (TPSA) is 40.5 Å². The third-order valence-corrected chi connectivity index (χ3v) is 7.06. The fourth-order valence-corrected chi connectivity index (χ4v) is 5.81. The highest BCUT2D eigenvalue weighted by atomic mass is 127. The summed E-state index contributed by atoms with van der Waals surface area (Å²) in [6, 6.07) is 0. The van der Waals surface area contributed by atoms with Crippen molar-refractivity contribution in [2.75, 3.05) is 25.9 Å². The highest BCUT2D eigenvalue weighted by Crippen LogP contribution is 2.42. The zero-order chi connectivity index (χ0) is 15.4. The van der Waals surface area contributed by atoms with Crippen molar-refractivity contribution in [3.63, 3.8) is 0 Å². The molecule has 0 amide bonds. The van der Waals surface area contributed by atoms with Crippen molar-refractivity contribution in [2.24, 2.45) is 4.99 Å². The zero-order valence-electron chi connectivity index (χ0n) is 14.0. The Bertz CT molecular complexity index is 520. The fraction of sp³-hybridized carbons (Fsp3) is 0.750. The van der Waals surface area contributed by atoms with Gasteiger partial charge in [0.05, 0.1) is 11.6 Å². The maximum absolute atomic E-state index is 4.52. The van der Waals surface area contributed by atoms with Gasteiger partial charge in [-0.1, -0.05) is 19.3 Å². The van der Waals surface area contributed by atoms with Crippen LogP contribution in [0, 0.1) is 6.92 Å². The van der Waals surface area contributed by atoms with E-state index in [4.69, 9.17) is 0 Å². The molecule has 1 aromatic rings. The predicted molar refractivity (Wildman–Crippen MR) is 112 cm³/mol. The lowest BCUT2D eigenvalue weighted by Gasteiger charge is -2.45. The van der Waals surface area contributed by atoms with Crippen LogP contribution in [0.2, 0.25) is 0 Å². The van der Waals surface area contributed by atoms with Crippen LogP contribution >= 0.6 is 47.1 Å². The third-order valence-electron chi connectivity index (χ3n) is 4.61. The number of rotatable bonds is 2. The monoisotopic (exact) mass is 466 g/mol. The number of guanidine groups is 1. The Balaban J connectivity index is 0.00000192. The van der Waals surface area contributed by atoms with Gasteiger partial charge < -0.3 is 10.2 Å². The Kier molecular flexibility index (Phi) is 7.47. The number of hydrogen-bond acceptors (Lipinski definition) is 4. The Hall–Kier alpha value is -0.0200. The molecule has 0 aromatic carbocycles. The average Bonchev–Trinajstić information content (AvgIpc) is 2.94. The van der Waals surface area contributed by atoms with Gasteiger partial charge in [0.1, 0.15) is 0 Å². The molecule has 1 spiro atoms. The maximum Gasteiger partial charge on any atom is 0.194 e. The first-order valence-electron chi connectivity index (χ1n) is 8.22. The van der Waals surface area contributed by atoms with E-state index in [0.29, 0.717) is 4.75 Å². The highest BCUT2D eigenvalue weighted by molar-refractivity contribution is 14.0. The van der Waals surface area contributed by atoms with Gasteiger partial charge in [-0.25, -0.2) is 4.98 Å². The molecular formula is C16H27IN4S2. The van der Waals surface area contributed by atoms with Crippen molar-refractivity contribution in [3.05, 3.63) is 16.1 Å². The number of hydrogen-bond donors (Lipinski definition) is 1. The van der Waals surface area contributed by atoms with E-state index in [1.54, 1.807) is 11.3 Å². The summed E-state index contributed by atoms with van der Waals surface area (Å²) in [6.45, 7) is 5.14. The van der Waals surface area contributed by atoms with Crippen LogP contribution in [-0.2, 0) is 6.54 Å². The number of nitrogens with zero attached hydrogens (tertiary/aromatic N) is 3. The van der Waals surface area contributed by atoms with Gasteiger partial charge in [0, 0.05) is 41.7 Å². The minimum Gasteiger partial charge on any atom is -0.351 e. The summed E-state index contributed by atoms with van der Waals surface area (Å²) in [4.78, 5) is 12.6. The van der Waals surface area contributed by atoms with Crippen LogP contribution in [0.3, 0.4) is 0 Å². The molecule has 2 fully saturated rings. The molecule has 1 saturated carbocycles. The Morgan fingerprint density at radius 3 is 2.83 bits per heavy atom. The number of thioether (sulfide) groups is 1. The van der Waals surface area contributed by atoms with Gasteiger partial charge in [0.15, 0.2) is 5.96 Å². The summed E-state index contributed by atoms with van der Waals surface area (Å²) < 4.78 is 0.481. The second-order valence-corrected chi connectivity index (χ2v) is 9.14. The summed E-state index contributed by atoms with van der Waals surface area (Å²) in [5.41, 5.74) is 0. The van der Waals surface area contributed by atoms with Crippen LogP contribution in [-0.4, -0.2) is 46.5 Å². The lowest BCUT2D eigenvalue weighted by molar-refractivity contribution is 0.293. The van der Waals surface area contributed by atoms with Crippen molar-refractivity contribution in [1.29, 1.82) is 0 Å². The van der Waals surface area contributed by atoms with Crippen LogP contribution in [0.4, 0.5) is 0 Å². The first-order chi connectivity index (χ1) is 10.7. The molecule has 130 valence electrons. The van der Waals surface area contributed by atoms with Crippen LogP contribution in [0.15, 0.2) is 11.2 Å². The normalized spacial score (nSPS) is 21.1. The maximum atomic E-state index is 4.52. The lowest BCUT2D eigenvalue weighted by atomic mass is 9.87. The van der Waals surface area contributed by atoms with E-state index in [1.165, 1.54) is 42.7 Å². The molecule has 3 rings (SSSR count). The van der Waals surface area contributed by atoms with Gasteiger partial charge in [-0.2, -0.15) is 11.8 Å². The Morgan fingerprint density at radius 2 is 2.17 bits per heavy atom. The van der Waals surface area contributed by atoms with Crippen molar-refractivity contribution >= 4 is 53.0 Å². The van der Waals surface area contributed by atoms with Gasteiger partial charge in [0.25, 0.3) is 0 Å². The lowest BCUT2D eigenvalue weighted by Crippen LogP contribution is -2.53. The number of halogens is 1. The molecule has 0 atom stereocenters. The minimum absolute atomic E-state index is 0. The number of thiazole rings is 1. The third kappa shape index (κ3) is 4.98. The van der Waals surface area contributed by atoms with Gasteiger partial charge in [-0.15, -0.1) is 35.3 Å². The van der Waals surface area contributed by atoms with Crippen LogP contribution < -0.4 is 5.32 Å². The van der Waals surface area contributed by atoms with E-state index in [0.717, 1.165) is 30.6 Å². The number of aliphatic imine (C=N–C) groups is 1. The predicted octanol–water partition coefficient (Wildman–Crippen LogP) is 3.90. The summed E-state index contributed by atoms with van der Waals surface area (Å²) in [5, 5.41) is 4.65. The number of aromatic nitrogens is 1. The van der Waals surface area contributed by atoms with E-state index in [9.17, 15) is 0 Å². The molecule has 1 saturated heterocycles. The molecule has 1 N–H and O–H groups in total. The Morgan fingerprint density at radius 1 is 1.39 bits per heavy atom. The first-order valence-corrected chi connectivity index (χ1v) is 10.0. The van der Waals surface area contributed by atoms with E-state index in [2.05, 4.69) is 38.9 Å². The highest BCUT2D eigenvalue weighted by Gasteiger charge is 2.38. The van der Waals surface area contributed by atoms with Crippen molar-refractivity contribution in [1.82, 2.24) is 15.2 Å². The SMILES string of the molecule is CN=C(NCc1cnc(C)s1)N1CCSC2(CCCCC2)C1.I. The molecule has 1 aliphatic carbocycles. The van der Waals surface area contributed by atoms with Gasteiger partial charge >= 0.3 is 0 Å². The van der Waals surface area contributed by atoms with Crippen molar-refractivity contribution in [2.45, 2.75) is 50.3 Å². The first kappa shape index (κ1) is 19.3. The number of nitrogens with one attached hydrogen (secondary N) is 1. The second kappa shape index (κ2) is 8.89. The molecule has 0 radical (unpaired) electrons.